The molecule has 0 saturated carbocycles. The summed E-state index contributed by atoms with van der Waals surface area (Å²) in [6.45, 7) is 4.58. The Balaban J connectivity index is 1.94. The van der Waals surface area contributed by atoms with Gasteiger partial charge < -0.3 is 0 Å². The molecule has 0 spiro atoms. The minimum absolute atomic E-state index is 0.0866. The van der Waals surface area contributed by atoms with Gasteiger partial charge in [0, 0.05) is 11.6 Å². The second-order valence-electron chi connectivity index (χ2n) is 5.57. The fourth-order valence-corrected chi connectivity index (χ4v) is 2.31. The molecule has 0 N–H and O–H groups in total. The molecule has 0 unspecified atom stereocenters. The van der Waals surface area contributed by atoms with Crippen molar-refractivity contribution in [2.75, 3.05) is 0 Å². The van der Waals surface area contributed by atoms with Gasteiger partial charge in [-0.3, -0.25) is 4.79 Å². The Hall–Kier alpha value is -2.68. The van der Waals surface area contributed by atoms with E-state index in [0.29, 0.717) is 6.54 Å². The molecule has 3 heteroatoms. The Morgan fingerprint density at radius 1 is 0.818 bits per heavy atom. The van der Waals surface area contributed by atoms with Crippen molar-refractivity contribution in [3.05, 3.63) is 87.7 Å². The van der Waals surface area contributed by atoms with E-state index in [2.05, 4.69) is 12.0 Å². The van der Waals surface area contributed by atoms with Gasteiger partial charge in [0.25, 0.3) is 5.56 Å². The van der Waals surface area contributed by atoms with Crippen LogP contribution in [0, 0.1) is 13.8 Å². The summed E-state index contributed by atoms with van der Waals surface area (Å²) in [4.78, 5) is 12.0. The van der Waals surface area contributed by atoms with Crippen molar-refractivity contribution in [2.24, 2.45) is 0 Å². The van der Waals surface area contributed by atoms with Crippen molar-refractivity contribution in [3.8, 4) is 11.3 Å². The zero-order chi connectivity index (χ0) is 15.5. The van der Waals surface area contributed by atoms with Gasteiger partial charge in [-0.15, -0.1) is 0 Å². The quantitative estimate of drug-likeness (QED) is 0.739. The van der Waals surface area contributed by atoms with Gasteiger partial charge in [-0.05, 0) is 25.5 Å². The number of hydrogen-bond acceptors (Lipinski definition) is 2. The highest BCUT2D eigenvalue weighted by Crippen LogP contribution is 2.16. The lowest BCUT2D eigenvalue weighted by Crippen LogP contribution is -2.22. The second-order valence-corrected chi connectivity index (χ2v) is 5.57. The number of rotatable bonds is 3. The van der Waals surface area contributed by atoms with Gasteiger partial charge in [-0.2, -0.15) is 5.10 Å². The van der Waals surface area contributed by atoms with Gasteiger partial charge in [0.05, 0.1) is 12.2 Å². The molecule has 3 nitrogen and oxygen atoms in total. The first-order chi connectivity index (χ1) is 10.6. The predicted octanol–water partition coefficient (Wildman–Crippen LogP) is 3.58. The standard InChI is InChI=1S/C19H18N2O/c1-14-3-7-16(8-4-14)13-21-19(22)12-11-18(20-21)17-9-5-15(2)6-10-17/h3-12H,13H2,1-2H3. The SMILES string of the molecule is Cc1ccc(Cn2nc(-c3ccc(C)cc3)ccc2=O)cc1. The highest BCUT2D eigenvalue weighted by molar-refractivity contribution is 5.58. The molecule has 0 aliphatic carbocycles. The summed E-state index contributed by atoms with van der Waals surface area (Å²) in [7, 11) is 0. The average Bonchev–Trinajstić information content (AvgIpc) is 2.52. The molecule has 22 heavy (non-hydrogen) atoms. The first-order valence-electron chi connectivity index (χ1n) is 7.32. The van der Waals surface area contributed by atoms with Crippen molar-refractivity contribution < 1.29 is 0 Å². The normalized spacial score (nSPS) is 10.6. The van der Waals surface area contributed by atoms with Crippen molar-refractivity contribution in [1.82, 2.24) is 9.78 Å². The third kappa shape index (κ3) is 3.14. The Morgan fingerprint density at radius 2 is 1.41 bits per heavy atom. The van der Waals surface area contributed by atoms with Crippen LogP contribution in [-0.4, -0.2) is 9.78 Å². The van der Waals surface area contributed by atoms with E-state index < -0.39 is 0 Å². The molecule has 0 aliphatic heterocycles. The Kier molecular flexibility index (Phi) is 3.88. The van der Waals surface area contributed by atoms with Crippen LogP contribution in [0.25, 0.3) is 11.3 Å². The van der Waals surface area contributed by atoms with Crippen molar-refractivity contribution in [3.63, 3.8) is 0 Å². The first-order valence-corrected chi connectivity index (χ1v) is 7.32. The summed E-state index contributed by atoms with van der Waals surface area (Å²) in [6.07, 6.45) is 0. The molecule has 0 aliphatic rings. The average molecular weight is 290 g/mol. The largest absolute Gasteiger partial charge is 0.268 e. The minimum Gasteiger partial charge on any atom is -0.268 e. The fourth-order valence-electron chi connectivity index (χ4n) is 2.31. The molecular formula is C19H18N2O. The van der Waals surface area contributed by atoms with Gasteiger partial charge in [-0.25, -0.2) is 4.68 Å². The van der Waals surface area contributed by atoms with Crippen LogP contribution in [0.5, 0.6) is 0 Å². The number of benzene rings is 2. The Labute approximate surface area is 129 Å². The van der Waals surface area contributed by atoms with E-state index in [1.54, 1.807) is 12.1 Å². The molecule has 1 heterocycles. The molecule has 110 valence electrons. The lowest BCUT2D eigenvalue weighted by molar-refractivity contribution is 0.642. The Bertz CT molecular complexity index is 831. The maximum absolute atomic E-state index is 12.0. The third-order valence-electron chi connectivity index (χ3n) is 3.67. The lowest BCUT2D eigenvalue weighted by Gasteiger charge is -2.08. The number of nitrogens with zero attached hydrogens (tertiary/aromatic N) is 2. The third-order valence-corrected chi connectivity index (χ3v) is 3.67. The molecule has 3 rings (SSSR count). The van der Waals surface area contributed by atoms with Crippen LogP contribution in [0.4, 0.5) is 0 Å². The summed E-state index contributed by atoms with van der Waals surface area (Å²) in [5, 5.41) is 4.49. The molecule has 0 saturated heterocycles. The zero-order valence-corrected chi connectivity index (χ0v) is 12.8. The molecule has 1 aromatic heterocycles. The minimum atomic E-state index is -0.0866. The van der Waals surface area contributed by atoms with E-state index in [9.17, 15) is 4.79 Å². The van der Waals surface area contributed by atoms with Crippen LogP contribution >= 0.6 is 0 Å². The summed E-state index contributed by atoms with van der Waals surface area (Å²) in [5.41, 5.74) is 5.22. The maximum atomic E-state index is 12.0. The Morgan fingerprint density at radius 3 is 2.05 bits per heavy atom. The van der Waals surface area contributed by atoms with E-state index >= 15 is 0 Å². The molecular weight excluding hydrogens is 272 g/mol. The predicted molar refractivity (Wildman–Crippen MR) is 89.0 cm³/mol. The van der Waals surface area contributed by atoms with Crippen LogP contribution in [0.1, 0.15) is 16.7 Å². The fraction of sp³-hybridized carbons (Fsp3) is 0.158. The maximum Gasteiger partial charge on any atom is 0.267 e. The molecule has 0 fully saturated rings. The zero-order valence-electron chi connectivity index (χ0n) is 12.8. The lowest BCUT2D eigenvalue weighted by atomic mass is 10.1. The number of aryl methyl sites for hydroxylation is 2. The smallest absolute Gasteiger partial charge is 0.267 e. The van der Waals surface area contributed by atoms with Crippen LogP contribution in [0.3, 0.4) is 0 Å². The van der Waals surface area contributed by atoms with Gasteiger partial charge in [0.2, 0.25) is 0 Å². The van der Waals surface area contributed by atoms with Crippen LogP contribution in [0.2, 0.25) is 0 Å². The second kappa shape index (κ2) is 5.98. The molecule has 0 amide bonds. The number of aromatic nitrogens is 2. The van der Waals surface area contributed by atoms with Crippen LogP contribution in [0.15, 0.2) is 65.5 Å². The highest BCUT2D eigenvalue weighted by atomic mass is 16.1. The summed E-state index contributed by atoms with van der Waals surface area (Å²) < 4.78 is 1.51. The van der Waals surface area contributed by atoms with E-state index in [4.69, 9.17) is 0 Å². The van der Waals surface area contributed by atoms with Crippen molar-refractivity contribution in [1.29, 1.82) is 0 Å². The molecule has 0 bridgehead atoms. The molecule has 0 radical (unpaired) electrons. The van der Waals surface area contributed by atoms with E-state index in [-0.39, 0.29) is 5.56 Å². The number of hydrogen-bond donors (Lipinski definition) is 0. The van der Waals surface area contributed by atoms with Gasteiger partial charge >= 0.3 is 0 Å². The molecule has 0 atom stereocenters. The van der Waals surface area contributed by atoms with Crippen LogP contribution < -0.4 is 5.56 Å². The van der Waals surface area contributed by atoms with E-state index in [0.717, 1.165) is 16.8 Å². The summed E-state index contributed by atoms with van der Waals surface area (Å²) in [5.74, 6) is 0. The van der Waals surface area contributed by atoms with Gasteiger partial charge in [0.1, 0.15) is 0 Å². The topological polar surface area (TPSA) is 34.9 Å². The first kappa shape index (κ1) is 14.3. The van der Waals surface area contributed by atoms with Crippen molar-refractivity contribution >= 4 is 0 Å². The summed E-state index contributed by atoms with van der Waals surface area (Å²) >= 11 is 0. The monoisotopic (exact) mass is 290 g/mol. The van der Waals surface area contributed by atoms with Gasteiger partial charge in [0.15, 0.2) is 0 Å². The van der Waals surface area contributed by atoms with E-state index in [1.807, 2.05) is 55.5 Å². The molecule has 3 aromatic rings. The van der Waals surface area contributed by atoms with Crippen LogP contribution in [-0.2, 0) is 6.54 Å². The van der Waals surface area contributed by atoms with Crippen molar-refractivity contribution in [2.45, 2.75) is 20.4 Å². The molecule has 2 aromatic carbocycles. The van der Waals surface area contributed by atoms with E-state index in [1.165, 1.54) is 15.8 Å². The summed E-state index contributed by atoms with van der Waals surface area (Å²) in [6, 6.07) is 19.7. The van der Waals surface area contributed by atoms with Gasteiger partial charge in [-0.1, -0.05) is 59.7 Å². The highest BCUT2D eigenvalue weighted by Gasteiger charge is 2.04.